The number of carbonyl (C=O) groups excluding carboxylic acids is 1. The monoisotopic (exact) mass is 297 g/mol. The van der Waals surface area contributed by atoms with Crippen molar-refractivity contribution in [3.8, 4) is 0 Å². The van der Waals surface area contributed by atoms with Crippen molar-refractivity contribution in [2.45, 2.75) is 57.2 Å². The van der Waals surface area contributed by atoms with E-state index < -0.39 is 5.54 Å². The van der Waals surface area contributed by atoms with E-state index >= 15 is 0 Å². The zero-order valence-corrected chi connectivity index (χ0v) is 14.0. The van der Waals surface area contributed by atoms with E-state index in [2.05, 4.69) is 29.1 Å². The molecule has 2 fully saturated rings. The number of hydrogen-bond donors (Lipinski definition) is 1. The fraction of sp³-hybridized carbons (Fsp3) is 0.938. The molecule has 5 heteroatoms. The fourth-order valence-electron chi connectivity index (χ4n) is 3.75. The third kappa shape index (κ3) is 3.58. The van der Waals surface area contributed by atoms with Gasteiger partial charge in [0.1, 0.15) is 5.54 Å². The highest BCUT2D eigenvalue weighted by Gasteiger charge is 2.44. The van der Waals surface area contributed by atoms with Gasteiger partial charge in [0, 0.05) is 31.7 Å². The minimum atomic E-state index is -0.481. The van der Waals surface area contributed by atoms with E-state index in [-0.39, 0.29) is 5.97 Å². The Morgan fingerprint density at radius 2 is 2.19 bits per heavy atom. The second-order valence-corrected chi connectivity index (χ2v) is 6.63. The molecule has 1 aliphatic heterocycles. The molecule has 1 aliphatic carbocycles. The highest BCUT2D eigenvalue weighted by Crippen LogP contribution is 2.33. The van der Waals surface area contributed by atoms with Crippen molar-refractivity contribution >= 4 is 5.97 Å². The maximum atomic E-state index is 12.4. The Balaban J connectivity index is 2.03. The summed E-state index contributed by atoms with van der Waals surface area (Å²) in [5.74, 6) is -0.0700. The number of likely N-dealkylation sites (N-methyl/N-ethyl adjacent to an activating group) is 2. The lowest BCUT2D eigenvalue weighted by Gasteiger charge is -2.47. The van der Waals surface area contributed by atoms with Gasteiger partial charge in [-0.2, -0.15) is 0 Å². The summed E-state index contributed by atoms with van der Waals surface area (Å²) in [5.41, 5.74) is -0.481. The summed E-state index contributed by atoms with van der Waals surface area (Å²) in [6.07, 6.45) is 4.05. The Bertz CT molecular complexity index is 363. The molecule has 0 amide bonds. The van der Waals surface area contributed by atoms with Crippen LogP contribution in [0.3, 0.4) is 0 Å². The van der Waals surface area contributed by atoms with Gasteiger partial charge in [-0.1, -0.05) is 0 Å². The Labute approximate surface area is 129 Å². The number of nitrogens with zero attached hydrogens (tertiary/aromatic N) is 2. The van der Waals surface area contributed by atoms with Crippen LogP contribution >= 0.6 is 0 Å². The van der Waals surface area contributed by atoms with Crippen LogP contribution in [0, 0.1) is 0 Å². The van der Waals surface area contributed by atoms with Crippen molar-refractivity contribution in [2.24, 2.45) is 0 Å². The quantitative estimate of drug-likeness (QED) is 0.787. The maximum absolute atomic E-state index is 12.4. The summed E-state index contributed by atoms with van der Waals surface area (Å²) >= 11 is 0. The molecule has 0 spiro atoms. The van der Waals surface area contributed by atoms with Crippen LogP contribution in [0.5, 0.6) is 0 Å². The van der Waals surface area contributed by atoms with Gasteiger partial charge in [0.2, 0.25) is 0 Å². The van der Waals surface area contributed by atoms with Gasteiger partial charge in [-0.3, -0.25) is 9.69 Å². The molecule has 0 radical (unpaired) electrons. The topological polar surface area (TPSA) is 44.8 Å². The smallest absolute Gasteiger partial charge is 0.326 e. The highest BCUT2D eigenvalue weighted by molar-refractivity contribution is 5.81. The van der Waals surface area contributed by atoms with E-state index in [1.165, 1.54) is 6.42 Å². The van der Waals surface area contributed by atoms with Crippen LogP contribution < -0.4 is 5.32 Å². The molecule has 0 aromatic heterocycles. The number of rotatable bonds is 4. The lowest BCUT2D eigenvalue weighted by Crippen LogP contribution is -2.60. The van der Waals surface area contributed by atoms with E-state index in [9.17, 15) is 4.79 Å². The van der Waals surface area contributed by atoms with Crippen LogP contribution in [-0.2, 0) is 9.53 Å². The summed E-state index contributed by atoms with van der Waals surface area (Å²) in [5, 5.41) is 3.28. The van der Waals surface area contributed by atoms with Crippen molar-refractivity contribution in [3.63, 3.8) is 0 Å². The summed E-state index contributed by atoms with van der Waals surface area (Å²) in [7, 11) is 4.09. The molecule has 1 heterocycles. The number of esters is 1. The molecule has 2 rings (SSSR count). The summed E-state index contributed by atoms with van der Waals surface area (Å²) < 4.78 is 5.32. The Kier molecular flexibility index (Phi) is 5.63. The SMILES string of the molecule is CCOC(=O)C1(NC)CCCC(N2CCN(C)C(C)C2)C1. The second kappa shape index (κ2) is 7.07. The average Bonchev–Trinajstić information content (AvgIpc) is 2.50. The number of piperazine rings is 1. The lowest BCUT2D eigenvalue weighted by atomic mass is 9.78. The van der Waals surface area contributed by atoms with Gasteiger partial charge in [0.05, 0.1) is 6.61 Å². The van der Waals surface area contributed by atoms with Crippen molar-refractivity contribution in [1.82, 2.24) is 15.1 Å². The van der Waals surface area contributed by atoms with Crippen molar-refractivity contribution in [3.05, 3.63) is 0 Å². The van der Waals surface area contributed by atoms with Gasteiger partial charge in [0.15, 0.2) is 0 Å². The zero-order chi connectivity index (χ0) is 15.5. The molecule has 1 saturated heterocycles. The zero-order valence-electron chi connectivity index (χ0n) is 14.0. The molecule has 1 N–H and O–H groups in total. The third-order valence-corrected chi connectivity index (χ3v) is 5.38. The molecule has 3 atom stereocenters. The third-order valence-electron chi connectivity index (χ3n) is 5.38. The number of ether oxygens (including phenoxy) is 1. The molecule has 21 heavy (non-hydrogen) atoms. The van der Waals surface area contributed by atoms with Gasteiger partial charge in [-0.25, -0.2) is 0 Å². The first-order valence-corrected chi connectivity index (χ1v) is 8.33. The predicted molar refractivity (Wildman–Crippen MR) is 84.3 cm³/mol. The Morgan fingerprint density at radius 3 is 2.81 bits per heavy atom. The molecule has 5 nitrogen and oxygen atoms in total. The van der Waals surface area contributed by atoms with Crippen molar-refractivity contribution in [1.29, 1.82) is 0 Å². The maximum Gasteiger partial charge on any atom is 0.326 e. The molecule has 3 unspecified atom stereocenters. The van der Waals surface area contributed by atoms with Gasteiger partial charge in [-0.15, -0.1) is 0 Å². The lowest BCUT2D eigenvalue weighted by molar-refractivity contribution is -0.153. The van der Waals surface area contributed by atoms with Crippen LogP contribution in [0.4, 0.5) is 0 Å². The molecule has 2 aliphatic rings. The van der Waals surface area contributed by atoms with Crippen LogP contribution in [-0.4, -0.2) is 73.7 Å². The predicted octanol–water partition coefficient (Wildman–Crippen LogP) is 1.09. The minimum Gasteiger partial charge on any atom is -0.465 e. The van der Waals surface area contributed by atoms with Crippen LogP contribution in [0.2, 0.25) is 0 Å². The van der Waals surface area contributed by atoms with Gasteiger partial charge in [-0.05, 0) is 53.6 Å². The first-order valence-electron chi connectivity index (χ1n) is 8.33. The van der Waals surface area contributed by atoms with Gasteiger partial charge < -0.3 is 15.0 Å². The first kappa shape index (κ1) is 16.7. The van der Waals surface area contributed by atoms with Crippen LogP contribution in [0.25, 0.3) is 0 Å². The van der Waals surface area contributed by atoms with Gasteiger partial charge >= 0.3 is 5.97 Å². The standard InChI is InChI=1S/C16H31N3O2/c1-5-21-15(20)16(17-3)8-6-7-14(11-16)19-10-9-18(4)13(2)12-19/h13-14,17H,5-12H2,1-4H3. The molecular formula is C16H31N3O2. The molecule has 1 saturated carbocycles. The average molecular weight is 297 g/mol. The highest BCUT2D eigenvalue weighted by atomic mass is 16.5. The Hall–Kier alpha value is -0.650. The molecule has 0 aromatic rings. The van der Waals surface area contributed by atoms with E-state index in [0.29, 0.717) is 18.7 Å². The number of hydrogen-bond acceptors (Lipinski definition) is 5. The summed E-state index contributed by atoms with van der Waals surface area (Å²) in [4.78, 5) is 17.4. The van der Waals surface area contributed by atoms with Crippen LogP contribution in [0.1, 0.15) is 39.5 Å². The molecule has 122 valence electrons. The normalized spacial score (nSPS) is 35.6. The molecular weight excluding hydrogens is 266 g/mol. The van der Waals surface area contributed by atoms with E-state index in [4.69, 9.17) is 4.74 Å². The number of nitrogens with one attached hydrogen (secondary N) is 1. The van der Waals surface area contributed by atoms with Crippen molar-refractivity contribution in [2.75, 3.05) is 40.3 Å². The summed E-state index contributed by atoms with van der Waals surface area (Å²) in [6.45, 7) is 7.94. The second-order valence-electron chi connectivity index (χ2n) is 6.63. The van der Waals surface area contributed by atoms with Crippen LogP contribution in [0.15, 0.2) is 0 Å². The van der Waals surface area contributed by atoms with E-state index in [1.54, 1.807) is 0 Å². The van der Waals surface area contributed by atoms with E-state index in [0.717, 1.165) is 38.9 Å². The Morgan fingerprint density at radius 1 is 1.43 bits per heavy atom. The van der Waals surface area contributed by atoms with E-state index in [1.807, 2.05) is 14.0 Å². The minimum absolute atomic E-state index is 0.0700. The molecule has 0 aromatic carbocycles. The largest absolute Gasteiger partial charge is 0.465 e. The van der Waals surface area contributed by atoms with Gasteiger partial charge in [0.25, 0.3) is 0 Å². The summed E-state index contributed by atoms with van der Waals surface area (Å²) in [6, 6.07) is 1.08. The molecule has 0 bridgehead atoms. The fourth-order valence-corrected chi connectivity index (χ4v) is 3.75. The van der Waals surface area contributed by atoms with Crippen molar-refractivity contribution < 1.29 is 9.53 Å². The first-order chi connectivity index (χ1) is 10.0. The number of carbonyl (C=O) groups is 1.